The highest BCUT2D eigenvalue weighted by Gasteiger charge is 2.18. The Morgan fingerprint density at radius 3 is 2.57 bits per heavy atom. The fourth-order valence-corrected chi connectivity index (χ4v) is 2.76. The van der Waals surface area contributed by atoms with Crippen molar-refractivity contribution in [1.29, 1.82) is 0 Å². The predicted octanol–water partition coefficient (Wildman–Crippen LogP) is 3.82. The number of benzene rings is 2. The van der Waals surface area contributed by atoms with Crippen LogP contribution >= 0.6 is 0 Å². The van der Waals surface area contributed by atoms with Crippen molar-refractivity contribution in [3.63, 3.8) is 0 Å². The molecule has 0 atom stereocenters. The third kappa shape index (κ3) is 3.53. The van der Waals surface area contributed by atoms with E-state index < -0.39 is 11.7 Å². The lowest BCUT2D eigenvalue weighted by atomic mass is 10.1. The molecule has 28 heavy (non-hydrogen) atoms. The molecule has 2 aromatic carbocycles. The maximum Gasteiger partial charge on any atom is 0.304 e. The summed E-state index contributed by atoms with van der Waals surface area (Å²) in [6, 6.07) is 17.2. The number of pyridine rings is 1. The van der Waals surface area contributed by atoms with Crippen LogP contribution in [0.2, 0.25) is 0 Å². The van der Waals surface area contributed by atoms with Crippen molar-refractivity contribution in [2.24, 2.45) is 0 Å². The highest BCUT2D eigenvalue weighted by molar-refractivity contribution is 5.93. The number of carbonyl (C=O) groups is 1. The number of para-hydroxylation sites is 2. The van der Waals surface area contributed by atoms with Gasteiger partial charge >= 0.3 is 6.01 Å². The number of amides is 1. The van der Waals surface area contributed by atoms with Gasteiger partial charge in [0.15, 0.2) is 5.58 Å². The van der Waals surface area contributed by atoms with Crippen LogP contribution in [0.5, 0.6) is 0 Å². The van der Waals surface area contributed by atoms with Crippen LogP contribution in [0.15, 0.2) is 71.3 Å². The number of hydrogen-bond donors (Lipinski definition) is 2. The second-order valence-electron chi connectivity index (χ2n) is 6.02. The number of nitrogens with zero attached hydrogens (tertiary/aromatic N) is 3. The van der Waals surface area contributed by atoms with Gasteiger partial charge in [0, 0.05) is 5.56 Å². The van der Waals surface area contributed by atoms with Crippen molar-refractivity contribution in [1.82, 2.24) is 15.4 Å². The molecule has 8 heteroatoms. The van der Waals surface area contributed by atoms with Crippen molar-refractivity contribution in [2.45, 2.75) is 6.54 Å². The van der Waals surface area contributed by atoms with Crippen molar-refractivity contribution in [3.8, 4) is 0 Å². The molecule has 0 spiro atoms. The average molecular weight is 378 g/mol. The number of hydrogen-bond acceptors (Lipinski definition) is 6. The standard InChI is InChI=1S/C20H15FN4O3/c21-15-9-10-18(22-11-15)25(20-23-16-3-1-2-4-17(16)28-20)12-13-5-7-14(8-6-13)19(26)24-27/h1-11,27H,12H2,(H,24,26). The monoisotopic (exact) mass is 378 g/mol. The molecule has 0 aliphatic heterocycles. The molecule has 0 aliphatic rings. The van der Waals surface area contributed by atoms with Gasteiger partial charge < -0.3 is 4.42 Å². The maximum absolute atomic E-state index is 13.3. The molecular formula is C20H15FN4O3. The third-order valence-corrected chi connectivity index (χ3v) is 4.16. The first-order chi connectivity index (χ1) is 13.6. The van der Waals surface area contributed by atoms with Crippen molar-refractivity contribution < 1.29 is 18.8 Å². The predicted molar refractivity (Wildman–Crippen MR) is 99.7 cm³/mol. The van der Waals surface area contributed by atoms with Gasteiger partial charge in [-0.25, -0.2) is 14.9 Å². The molecule has 0 aliphatic carbocycles. The zero-order chi connectivity index (χ0) is 19.5. The minimum atomic E-state index is -0.595. The van der Waals surface area contributed by atoms with Crippen LogP contribution in [0.25, 0.3) is 11.1 Å². The number of hydroxylamine groups is 1. The topological polar surface area (TPSA) is 91.5 Å². The molecule has 0 bridgehead atoms. The summed E-state index contributed by atoms with van der Waals surface area (Å²) in [5.74, 6) is -0.576. The second-order valence-corrected chi connectivity index (χ2v) is 6.02. The summed E-state index contributed by atoms with van der Waals surface area (Å²) in [6.45, 7) is 0.326. The lowest BCUT2D eigenvalue weighted by molar-refractivity contribution is 0.0706. The van der Waals surface area contributed by atoms with Crippen LogP contribution in [0.1, 0.15) is 15.9 Å². The summed E-state index contributed by atoms with van der Waals surface area (Å²) < 4.78 is 19.2. The average Bonchev–Trinajstić information content (AvgIpc) is 3.16. The van der Waals surface area contributed by atoms with Gasteiger partial charge in [-0.15, -0.1) is 0 Å². The quantitative estimate of drug-likeness (QED) is 0.405. The Kier molecular flexibility index (Phi) is 4.69. The molecule has 7 nitrogen and oxygen atoms in total. The molecule has 4 rings (SSSR count). The van der Waals surface area contributed by atoms with Crippen molar-refractivity contribution in [3.05, 3.63) is 83.8 Å². The molecule has 0 unspecified atom stereocenters. The molecule has 0 saturated heterocycles. The van der Waals surface area contributed by atoms with Gasteiger partial charge in [0.2, 0.25) is 0 Å². The molecule has 140 valence electrons. The minimum absolute atomic E-state index is 0.317. The Bertz CT molecular complexity index is 1080. The molecule has 2 heterocycles. The largest absolute Gasteiger partial charge is 0.423 e. The van der Waals surface area contributed by atoms with E-state index in [-0.39, 0.29) is 0 Å². The van der Waals surface area contributed by atoms with Crippen LogP contribution in [0.3, 0.4) is 0 Å². The molecular weight excluding hydrogens is 363 g/mol. The Labute approximate surface area is 159 Å². The van der Waals surface area contributed by atoms with E-state index in [1.807, 2.05) is 24.3 Å². The normalized spacial score (nSPS) is 10.8. The van der Waals surface area contributed by atoms with E-state index >= 15 is 0 Å². The van der Waals surface area contributed by atoms with Crippen LogP contribution in [0, 0.1) is 5.82 Å². The number of nitrogens with one attached hydrogen (secondary N) is 1. The van der Waals surface area contributed by atoms with Crippen LogP contribution in [0.4, 0.5) is 16.2 Å². The zero-order valence-corrected chi connectivity index (χ0v) is 14.5. The van der Waals surface area contributed by atoms with E-state index in [2.05, 4.69) is 9.97 Å². The Morgan fingerprint density at radius 1 is 1.11 bits per heavy atom. The van der Waals surface area contributed by atoms with E-state index in [1.165, 1.54) is 12.1 Å². The number of carbonyl (C=O) groups excluding carboxylic acids is 1. The highest BCUT2D eigenvalue weighted by Crippen LogP contribution is 2.28. The number of aromatic nitrogens is 2. The number of halogens is 1. The molecule has 2 aromatic heterocycles. The number of rotatable bonds is 5. The smallest absolute Gasteiger partial charge is 0.304 e. The van der Waals surface area contributed by atoms with E-state index in [0.717, 1.165) is 11.8 Å². The van der Waals surface area contributed by atoms with Gasteiger partial charge in [-0.2, -0.15) is 4.98 Å². The minimum Gasteiger partial charge on any atom is -0.423 e. The zero-order valence-electron chi connectivity index (χ0n) is 14.5. The van der Waals surface area contributed by atoms with Crippen LogP contribution in [-0.2, 0) is 6.54 Å². The first-order valence-electron chi connectivity index (χ1n) is 8.42. The highest BCUT2D eigenvalue weighted by atomic mass is 19.1. The van der Waals surface area contributed by atoms with Crippen molar-refractivity contribution >= 4 is 28.8 Å². The van der Waals surface area contributed by atoms with Crippen LogP contribution in [-0.4, -0.2) is 21.1 Å². The third-order valence-electron chi connectivity index (χ3n) is 4.16. The van der Waals surface area contributed by atoms with Gasteiger partial charge in [-0.3, -0.25) is 14.9 Å². The molecule has 4 aromatic rings. The molecule has 0 radical (unpaired) electrons. The molecule has 0 saturated carbocycles. The van der Waals surface area contributed by atoms with Gasteiger partial charge in [0.25, 0.3) is 5.91 Å². The fraction of sp³-hybridized carbons (Fsp3) is 0.0500. The van der Waals surface area contributed by atoms with E-state index in [1.54, 1.807) is 34.6 Å². The van der Waals surface area contributed by atoms with E-state index in [4.69, 9.17) is 9.62 Å². The van der Waals surface area contributed by atoms with Gasteiger partial charge in [-0.05, 0) is 42.0 Å². The van der Waals surface area contributed by atoms with Crippen LogP contribution < -0.4 is 10.4 Å². The van der Waals surface area contributed by atoms with E-state index in [0.29, 0.717) is 35.0 Å². The van der Waals surface area contributed by atoms with Crippen molar-refractivity contribution in [2.75, 3.05) is 4.90 Å². The summed E-state index contributed by atoms with van der Waals surface area (Å²) in [5.41, 5.74) is 4.07. The SMILES string of the molecule is O=C(NO)c1ccc(CN(c2ccc(F)cn2)c2nc3ccccc3o2)cc1. The second kappa shape index (κ2) is 7.45. The van der Waals surface area contributed by atoms with Gasteiger partial charge in [0.1, 0.15) is 17.2 Å². The molecule has 1 amide bonds. The summed E-state index contributed by atoms with van der Waals surface area (Å²) in [6.07, 6.45) is 1.12. The molecule has 2 N–H and O–H groups in total. The van der Waals surface area contributed by atoms with E-state index in [9.17, 15) is 9.18 Å². The lowest BCUT2D eigenvalue weighted by Gasteiger charge is -2.19. The number of oxazole rings is 1. The van der Waals surface area contributed by atoms with Gasteiger partial charge in [-0.1, -0.05) is 24.3 Å². The Morgan fingerprint density at radius 2 is 1.89 bits per heavy atom. The fourth-order valence-electron chi connectivity index (χ4n) is 2.76. The summed E-state index contributed by atoms with van der Waals surface area (Å²) >= 11 is 0. The summed E-state index contributed by atoms with van der Waals surface area (Å²) in [4.78, 5) is 21.8. The maximum atomic E-state index is 13.3. The Balaban J connectivity index is 1.70. The number of fused-ring (bicyclic) bond motifs is 1. The lowest BCUT2D eigenvalue weighted by Crippen LogP contribution is -2.20. The Hall–Kier alpha value is -3.78. The first kappa shape index (κ1) is 17.6. The summed E-state index contributed by atoms with van der Waals surface area (Å²) in [5, 5.41) is 8.72. The van der Waals surface area contributed by atoms with Gasteiger partial charge in [0.05, 0.1) is 12.7 Å². The first-order valence-corrected chi connectivity index (χ1v) is 8.42. The molecule has 0 fully saturated rings. The number of anilines is 2. The summed E-state index contributed by atoms with van der Waals surface area (Å²) in [7, 11) is 0.